The van der Waals surface area contributed by atoms with Gasteiger partial charge in [-0.05, 0) is 18.6 Å². The predicted molar refractivity (Wildman–Crippen MR) is 77.7 cm³/mol. The van der Waals surface area contributed by atoms with Gasteiger partial charge in [0, 0.05) is 11.6 Å². The zero-order chi connectivity index (χ0) is 14.1. The van der Waals surface area contributed by atoms with Crippen LogP contribution in [0.1, 0.15) is 22.8 Å². The molecule has 0 saturated heterocycles. The molecule has 2 aromatic carbocycles. The number of aliphatic hydroxyl groups is 1. The normalized spacial score (nSPS) is 14.9. The Morgan fingerprint density at radius 1 is 1.10 bits per heavy atom. The van der Waals surface area contributed by atoms with Crippen molar-refractivity contribution in [3.8, 4) is 11.5 Å². The van der Waals surface area contributed by atoms with Gasteiger partial charge >= 0.3 is 0 Å². The summed E-state index contributed by atoms with van der Waals surface area (Å²) in [6.07, 6.45) is -0.779. The van der Waals surface area contributed by atoms with Gasteiger partial charge in [0.1, 0.15) is 19.3 Å². The van der Waals surface area contributed by atoms with Crippen molar-refractivity contribution in [2.45, 2.75) is 13.0 Å². The molecule has 4 heteroatoms. The number of halogens is 1. The number of ether oxygens (including phenoxy) is 2. The maximum Gasteiger partial charge on any atom is 0.162 e. The lowest BCUT2D eigenvalue weighted by Gasteiger charge is -2.21. The molecular weight excluding hydrogens is 276 g/mol. The fourth-order valence-corrected chi connectivity index (χ4v) is 2.57. The number of benzene rings is 2. The molecule has 1 aliphatic heterocycles. The topological polar surface area (TPSA) is 38.7 Å². The van der Waals surface area contributed by atoms with Crippen LogP contribution in [0.15, 0.2) is 36.4 Å². The van der Waals surface area contributed by atoms with E-state index in [2.05, 4.69) is 0 Å². The molecular formula is C16H15ClO3. The van der Waals surface area contributed by atoms with Crippen LogP contribution in [-0.2, 0) is 0 Å². The number of aliphatic hydroxyl groups excluding tert-OH is 1. The number of hydrogen-bond acceptors (Lipinski definition) is 3. The van der Waals surface area contributed by atoms with Crippen LogP contribution >= 0.6 is 11.6 Å². The first-order chi connectivity index (χ1) is 9.65. The predicted octanol–water partition coefficient (Wildman–Crippen LogP) is 3.50. The minimum atomic E-state index is -0.779. The van der Waals surface area contributed by atoms with Crippen molar-refractivity contribution < 1.29 is 14.6 Å². The van der Waals surface area contributed by atoms with Crippen LogP contribution in [0.3, 0.4) is 0 Å². The van der Waals surface area contributed by atoms with E-state index in [0.29, 0.717) is 35.3 Å². The van der Waals surface area contributed by atoms with Crippen LogP contribution in [0, 0.1) is 6.92 Å². The Labute approximate surface area is 122 Å². The van der Waals surface area contributed by atoms with E-state index in [1.807, 2.05) is 31.2 Å². The van der Waals surface area contributed by atoms with E-state index in [9.17, 15) is 5.11 Å². The van der Waals surface area contributed by atoms with E-state index in [-0.39, 0.29) is 0 Å². The van der Waals surface area contributed by atoms with Crippen molar-refractivity contribution >= 4 is 11.6 Å². The molecule has 0 aromatic heterocycles. The maximum atomic E-state index is 10.5. The lowest BCUT2D eigenvalue weighted by Crippen LogP contribution is -2.16. The van der Waals surface area contributed by atoms with Gasteiger partial charge in [-0.2, -0.15) is 0 Å². The number of aryl methyl sites for hydroxylation is 1. The van der Waals surface area contributed by atoms with Crippen molar-refractivity contribution in [2.75, 3.05) is 13.2 Å². The highest BCUT2D eigenvalue weighted by atomic mass is 35.5. The number of rotatable bonds is 2. The second kappa shape index (κ2) is 5.35. The zero-order valence-electron chi connectivity index (χ0n) is 11.1. The summed E-state index contributed by atoms with van der Waals surface area (Å²) in [7, 11) is 0. The van der Waals surface area contributed by atoms with Gasteiger partial charge in [-0.15, -0.1) is 0 Å². The van der Waals surface area contributed by atoms with E-state index >= 15 is 0 Å². The highest BCUT2D eigenvalue weighted by molar-refractivity contribution is 6.31. The van der Waals surface area contributed by atoms with Crippen LogP contribution in [0.2, 0.25) is 5.02 Å². The molecule has 1 N–H and O–H groups in total. The van der Waals surface area contributed by atoms with E-state index in [1.165, 1.54) is 0 Å². The van der Waals surface area contributed by atoms with Crippen molar-refractivity contribution in [2.24, 2.45) is 0 Å². The first kappa shape index (κ1) is 13.3. The molecule has 0 spiro atoms. The number of fused-ring (bicyclic) bond motifs is 1. The molecule has 1 atom stereocenters. The fourth-order valence-electron chi connectivity index (χ4n) is 2.31. The second-order valence-corrected chi connectivity index (χ2v) is 5.24. The Morgan fingerprint density at radius 2 is 1.80 bits per heavy atom. The molecule has 2 aromatic rings. The summed E-state index contributed by atoms with van der Waals surface area (Å²) < 4.78 is 11.0. The Morgan fingerprint density at radius 3 is 2.50 bits per heavy atom. The highest BCUT2D eigenvalue weighted by Gasteiger charge is 2.20. The molecule has 0 saturated carbocycles. The summed E-state index contributed by atoms with van der Waals surface area (Å²) in [6, 6.07) is 11.2. The summed E-state index contributed by atoms with van der Waals surface area (Å²) in [6.45, 7) is 3.01. The molecule has 20 heavy (non-hydrogen) atoms. The lowest BCUT2D eigenvalue weighted by molar-refractivity contribution is 0.169. The Balaban J connectivity index is 2.01. The second-order valence-electron chi connectivity index (χ2n) is 4.83. The number of hydrogen-bond donors (Lipinski definition) is 1. The zero-order valence-corrected chi connectivity index (χ0v) is 11.9. The van der Waals surface area contributed by atoms with Crippen molar-refractivity contribution in [1.29, 1.82) is 0 Å². The molecule has 1 unspecified atom stereocenters. The van der Waals surface area contributed by atoms with Gasteiger partial charge in [0.15, 0.2) is 11.5 Å². The minimum Gasteiger partial charge on any atom is -0.486 e. The smallest absolute Gasteiger partial charge is 0.162 e. The third-order valence-corrected chi connectivity index (χ3v) is 3.64. The molecule has 0 aliphatic carbocycles. The molecule has 3 rings (SSSR count). The molecule has 0 bridgehead atoms. The molecule has 1 aliphatic rings. The molecule has 1 heterocycles. The van der Waals surface area contributed by atoms with Crippen LogP contribution in [-0.4, -0.2) is 18.3 Å². The lowest BCUT2D eigenvalue weighted by atomic mass is 9.99. The van der Waals surface area contributed by atoms with Crippen molar-refractivity contribution in [3.63, 3.8) is 0 Å². The fraction of sp³-hybridized carbons (Fsp3) is 0.250. The Bertz CT molecular complexity index is 640. The quantitative estimate of drug-likeness (QED) is 0.920. The standard InChI is InChI=1S/C16H15ClO3/c1-10-3-2-4-11(7-10)16(18)12-8-14-15(9-13(12)17)20-6-5-19-14/h2-4,7-9,16,18H,5-6H2,1H3. The SMILES string of the molecule is Cc1cccc(C(O)c2cc3c(cc2Cl)OCCO3)c1. The Hall–Kier alpha value is -1.71. The van der Waals surface area contributed by atoms with Crippen LogP contribution in [0.25, 0.3) is 0 Å². The van der Waals surface area contributed by atoms with Crippen LogP contribution < -0.4 is 9.47 Å². The molecule has 3 nitrogen and oxygen atoms in total. The van der Waals surface area contributed by atoms with E-state index < -0.39 is 6.10 Å². The van der Waals surface area contributed by atoms with Crippen molar-refractivity contribution in [3.05, 3.63) is 58.1 Å². The van der Waals surface area contributed by atoms with Gasteiger partial charge in [0.2, 0.25) is 0 Å². The summed E-state index contributed by atoms with van der Waals surface area (Å²) in [5.41, 5.74) is 2.53. The van der Waals surface area contributed by atoms with Gasteiger partial charge in [-0.1, -0.05) is 41.4 Å². The van der Waals surface area contributed by atoms with Gasteiger partial charge in [0.25, 0.3) is 0 Å². The van der Waals surface area contributed by atoms with Crippen molar-refractivity contribution in [1.82, 2.24) is 0 Å². The summed E-state index contributed by atoms with van der Waals surface area (Å²) >= 11 is 6.25. The summed E-state index contributed by atoms with van der Waals surface area (Å²) in [4.78, 5) is 0. The van der Waals surface area contributed by atoms with E-state index in [0.717, 1.165) is 11.1 Å². The third-order valence-electron chi connectivity index (χ3n) is 3.31. The highest BCUT2D eigenvalue weighted by Crippen LogP contribution is 2.39. The first-order valence-corrected chi connectivity index (χ1v) is 6.86. The first-order valence-electron chi connectivity index (χ1n) is 6.49. The third kappa shape index (κ3) is 2.47. The van der Waals surface area contributed by atoms with Gasteiger partial charge in [0.05, 0.1) is 5.02 Å². The maximum absolute atomic E-state index is 10.5. The van der Waals surface area contributed by atoms with E-state index in [1.54, 1.807) is 12.1 Å². The molecule has 0 radical (unpaired) electrons. The Kier molecular flexibility index (Phi) is 3.55. The average molecular weight is 291 g/mol. The van der Waals surface area contributed by atoms with Gasteiger partial charge in [-0.3, -0.25) is 0 Å². The monoisotopic (exact) mass is 290 g/mol. The molecule has 0 amide bonds. The van der Waals surface area contributed by atoms with Crippen LogP contribution in [0.4, 0.5) is 0 Å². The van der Waals surface area contributed by atoms with E-state index in [4.69, 9.17) is 21.1 Å². The summed E-state index contributed by atoms with van der Waals surface area (Å²) in [5, 5.41) is 11.0. The van der Waals surface area contributed by atoms with Gasteiger partial charge < -0.3 is 14.6 Å². The molecule has 104 valence electrons. The molecule has 0 fully saturated rings. The largest absolute Gasteiger partial charge is 0.486 e. The minimum absolute atomic E-state index is 0.475. The van der Waals surface area contributed by atoms with Crippen LogP contribution in [0.5, 0.6) is 11.5 Å². The summed E-state index contributed by atoms with van der Waals surface area (Å²) in [5.74, 6) is 1.25. The average Bonchev–Trinajstić information content (AvgIpc) is 2.46. The van der Waals surface area contributed by atoms with Gasteiger partial charge in [-0.25, -0.2) is 0 Å².